The van der Waals surface area contributed by atoms with Crippen molar-refractivity contribution in [2.24, 2.45) is 11.8 Å². The van der Waals surface area contributed by atoms with Gasteiger partial charge in [-0.15, -0.1) is 0 Å². The van der Waals surface area contributed by atoms with Gasteiger partial charge in [-0.05, 0) is 24.3 Å². The maximum atomic E-state index is 12.0. The monoisotopic (exact) mass is 244 g/mol. The topological polar surface area (TPSA) is 32.3 Å². The van der Waals surface area contributed by atoms with Crippen LogP contribution in [-0.4, -0.2) is 30.4 Å². The second kappa shape index (κ2) is 5.11. The van der Waals surface area contributed by atoms with Gasteiger partial charge in [0.05, 0.1) is 5.92 Å². The molecule has 2 aliphatic heterocycles. The Hall–Kier alpha value is -1.35. The van der Waals surface area contributed by atoms with Gasteiger partial charge in [-0.1, -0.05) is 30.3 Å². The Kier molecular flexibility index (Phi) is 3.33. The maximum Gasteiger partial charge on any atom is 0.224 e. The highest BCUT2D eigenvalue weighted by Crippen LogP contribution is 2.30. The molecule has 1 amide bonds. The summed E-state index contributed by atoms with van der Waals surface area (Å²) in [5.74, 6) is 1.06. The van der Waals surface area contributed by atoms with E-state index in [1.807, 2.05) is 6.07 Å². The number of likely N-dealkylation sites (tertiary alicyclic amines) is 1. The summed E-state index contributed by atoms with van der Waals surface area (Å²) < 4.78 is 0. The molecule has 2 fully saturated rings. The van der Waals surface area contributed by atoms with Crippen molar-refractivity contribution in [2.75, 3.05) is 19.6 Å². The van der Waals surface area contributed by atoms with Crippen LogP contribution in [0.1, 0.15) is 18.4 Å². The maximum absolute atomic E-state index is 12.0. The van der Waals surface area contributed by atoms with Crippen LogP contribution in [0.15, 0.2) is 30.3 Å². The zero-order valence-electron chi connectivity index (χ0n) is 10.6. The number of carbonyl (C=O) groups excluding carboxylic acids is 1. The van der Waals surface area contributed by atoms with Gasteiger partial charge in [0.1, 0.15) is 0 Å². The Morgan fingerprint density at radius 2 is 2.06 bits per heavy atom. The number of rotatable bonds is 2. The molecule has 3 rings (SSSR count). The van der Waals surface area contributed by atoms with E-state index in [0.29, 0.717) is 5.92 Å². The number of hydrogen-bond donors (Lipinski definition) is 1. The molecule has 3 heteroatoms. The van der Waals surface area contributed by atoms with E-state index in [1.165, 1.54) is 12.0 Å². The summed E-state index contributed by atoms with van der Waals surface area (Å²) in [7, 11) is 0. The zero-order chi connectivity index (χ0) is 12.4. The molecule has 2 unspecified atom stereocenters. The normalized spacial score (nSPS) is 28.6. The zero-order valence-corrected chi connectivity index (χ0v) is 10.6. The van der Waals surface area contributed by atoms with Crippen LogP contribution in [0, 0.1) is 11.8 Å². The number of fused-ring (bicyclic) bond motifs is 1. The van der Waals surface area contributed by atoms with E-state index in [1.54, 1.807) is 0 Å². The highest BCUT2D eigenvalue weighted by molar-refractivity contribution is 5.79. The van der Waals surface area contributed by atoms with Gasteiger partial charge in [-0.25, -0.2) is 0 Å². The van der Waals surface area contributed by atoms with E-state index in [0.717, 1.165) is 32.6 Å². The molecule has 1 N–H and O–H groups in total. The second-order valence-corrected chi connectivity index (χ2v) is 5.48. The van der Waals surface area contributed by atoms with Crippen molar-refractivity contribution < 1.29 is 4.79 Å². The lowest BCUT2D eigenvalue weighted by Gasteiger charge is -2.16. The van der Waals surface area contributed by atoms with Crippen LogP contribution in [0.25, 0.3) is 0 Å². The molecule has 0 bridgehead atoms. The van der Waals surface area contributed by atoms with Gasteiger partial charge in [0.15, 0.2) is 0 Å². The summed E-state index contributed by atoms with van der Waals surface area (Å²) in [4.78, 5) is 14.4. The van der Waals surface area contributed by atoms with E-state index in [9.17, 15) is 4.79 Å². The van der Waals surface area contributed by atoms with Crippen molar-refractivity contribution in [1.82, 2.24) is 10.2 Å². The van der Waals surface area contributed by atoms with Crippen molar-refractivity contribution in [2.45, 2.75) is 19.4 Å². The predicted molar refractivity (Wildman–Crippen MR) is 70.9 cm³/mol. The Morgan fingerprint density at radius 1 is 1.22 bits per heavy atom. The number of nitrogens with one attached hydrogen (secondary N) is 1. The highest BCUT2D eigenvalue weighted by Gasteiger charge is 2.38. The van der Waals surface area contributed by atoms with Crippen LogP contribution in [0.4, 0.5) is 0 Å². The summed E-state index contributed by atoms with van der Waals surface area (Å²) in [6.45, 7) is 3.84. The fourth-order valence-electron chi connectivity index (χ4n) is 3.23. The van der Waals surface area contributed by atoms with Crippen LogP contribution in [-0.2, 0) is 11.3 Å². The molecule has 18 heavy (non-hydrogen) atoms. The minimum absolute atomic E-state index is 0.219. The summed E-state index contributed by atoms with van der Waals surface area (Å²) in [6.07, 6.45) is 2.32. The molecule has 1 aromatic rings. The SMILES string of the molecule is O=C1NCCCC2CN(Cc3ccccc3)CC12. The second-order valence-electron chi connectivity index (χ2n) is 5.48. The van der Waals surface area contributed by atoms with E-state index in [4.69, 9.17) is 0 Å². The molecule has 0 aliphatic carbocycles. The smallest absolute Gasteiger partial charge is 0.224 e. The van der Waals surface area contributed by atoms with E-state index in [2.05, 4.69) is 34.5 Å². The lowest BCUT2D eigenvalue weighted by atomic mass is 9.93. The molecule has 0 radical (unpaired) electrons. The molecule has 2 atom stereocenters. The number of amides is 1. The van der Waals surface area contributed by atoms with Crippen LogP contribution in [0.2, 0.25) is 0 Å². The first kappa shape index (κ1) is 11.7. The molecule has 0 saturated carbocycles. The van der Waals surface area contributed by atoms with E-state index in [-0.39, 0.29) is 11.8 Å². The lowest BCUT2D eigenvalue weighted by Crippen LogP contribution is -2.33. The third kappa shape index (κ3) is 2.41. The highest BCUT2D eigenvalue weighted by atomic mass is 16.2. The van der Waals surface area contributed by atoms with Crippen LogP contribution >= 0.6 is 0 Å². The van der Waals surface area contributed by atoms with Gasteiger partial charge in [0.25, 0.3) is 0 Å². The quantitative estimate of drug-likeness (QED) is 0.858. The van der Waals surface area contributed by atoms with Gasteiger partial charge < -0.3 is 5.32 Å². The minimum atomic E-state index is 0.219. The molecule has 0 spiro atoms. The average molecular weight is 244 g/mol. The minimum Gasteiger partial charge on any atom is -0.356 e. The number of hydrogen-bond acceptors (Lipinski definition) is 2. The summed E-state index contributed by atoms with van der Waals surface area (Å²) in [5, 5.41) is 3.03. The number of nitrogens with zero attached hydrogens (tertiary/aromatic N) is 1. The van der Waals surface area contributed by atoms with Crippen molar-refractivity contribution >= 4 is 5.91 Å². The largest absolute Gasteiger partial charge is 0.356 e. The first-order valence-electron chi connectivity index (χ1n) is 6.87. The van der Waals surface area contributed by atoms with Crippen molar-refractivity contribution in [3.63, 3.8) is 0 Å². The molecule has 2 heterocycles. The lowest BCUT2D eigenvalue weighted by molar-refractivity contribution is -0.125. The molecule has 2 saturated heterocycles. The summed E-state index contributed by atoms with van der Waals surface area (Å²) >= 11 is 0. The van der Waals surface area contributed by atoms with E-state index >= 15 is 0 Å². The van der Waals surface area contributed by atoms with Gasteiger partial charge in [0, 0.05) is 26.2 Å². The van der Waals surface area contributed by atoms with Gasteiger partial charge in [0.2, 0.25) is 5.91 Å². The fourth-order valence-corrected chi connectivity index (χ4v) is 3.23. The molecular weight excluding hydrogens is 224 g/mol. The predicted octanol–water partition coefficient (Wildman–Crippen LogP) is 1.64. The molecule has 2 aliphatic rings. The molecule has 1 aromatic carbocycles. The number of carbonyl (C=O) groups is 1. The third-order valence-corrected chi connectivity index (χ3v) is 4.15. The Labute approximate surface area is 108 Å². The summed E-state index contributed by atoms with van der Waals surface area (Å²) in [6, 6.07) is 10.5. The molecule has 3 nitrogen and oxygen atoms in total. The molecular formula is C15H20N2O. The van der Waals surface area contributed by atoms with Gasteiger partial charge in [-0.2, -0.15) is 0 Å². The third-order valence-electron chi connectivity index (χ3n) is 4.15. The molecule has 96 valence electrons. The van der Waals surface area contributed by atoms with Gasteiger partial charge in [-0.3, -0.25) is 9.69 Å². The molecule has 0 aromatic heterocycles. The van der Waals surface area contributed by atoms with E-state index < -0.39 is 0 Å². The number of benzene rings is 1. The Morgan fingerprint density at radius 3 is 2.89 bits per heavy atom. The van der Waals surface area contributed by atoms with Crippen LogP contribution in [0.5, 0.6) is 0 Å². The summed E-state index contributed by atoms with van der Waals surface area (Å²) in [5.41, 5.74) is 1.34. The first-order chi connectivity index (χ1) is 8.83. The van der Waals surface area contributed by atoms with Crippen LogP contribution < -0.4 is 5.32 Å². The Bertz CT molecular complexity index is 418. The first-order valence-corrected chi connectivity index (χ1v) is 6.87. The average Bonchev–Trinajstić information content (AvgIpc) is 2.71. The standard InChI is InChI=1S/C15H20N2O/c18-15-14-11-17(9-12-5-2-1-3-6-12)10-13(14)7-4-8-16-15/h1-3,5-6,13-14H,4,7-11H2,(H,16,18). The van der Waals surface area contributed by atoms with Gasteiger partial charge >= 0.3 is 0 Å². The Balaban J connectivity index is 1.66. The fraction of sp³-hybridized carbons (Fsp3) is 0.533. The van der Waals surface area contributed by atoms with Crippen molar-refractivity contribution in [1.29, 1.82) is 0 Å². The van der Waals surface area contributed by atoms with Crippen molar-refractivity contribution in [3.8, 4) is 0 Å². The van der Waals surface area contributed by atoms with Crippen molar-refractivity contribution in [3.05, 3.63) is 35.9 Å². The van der Waals surface area contributed by atoms with Crippen LogP contribution in [0.3, 0.4) is 0 Å².